The van der Waals surface area contributed by atoms with Crippen molar-refractivity contribution in [1.29, 1.82) is 0 Å². The third kappa shape index (κ3) is 3.89. The summed E-state index contributed by atoms with van der Waals surface area (Å²) in [5, 5.41) is 2.65. The highest BCUT2D eigenvalue weighted by Gasteiger charge is 2.11. The fourth-order valence-electron chi connectivity index (χ4n) is 1.73. The fraction of sp³-hybridized carbons (Fsp3) is 0.231. The average Bonchev–Trinajstić information content (AvgIpc) is 2.87. The van der Waals surface area contributed by atoms with Crippen molar-refractivity contribution in [2.45, 2.75) is 11.4 Å². The van der Waals surface area contributed by atoms with Crippen molar-refractivity contribution in [2.75, 3.05) is 18.1 Å². The first kappa shape index (κ1) is 15.2. The number of nitrogens with one attached hydrogen (secondary N) is 1. The van der Waals surface area contributed by atoms with Gasteiger partial charge in [0.1, 0.15) is 5.69 Å². The molecule has 1 heterocycles. The number of nitrogens with two attached hydrogens (primary N) is 1. The van der Waals surface area contributed by atoms with Gasteiger partial charge >= 0.3 is 0 Å². The van der Waals surface area contributed by atoms with Gasteiger partial charge in [-0.3, -0.25) is 4.79 Å². The normalized spacial score (nSPS) is 11.3. The number of rotatable bonds is 5. The monoisotopic (exact) mass is 308 g/mol. The van der Waals surface area contributed by atoms with Crippen molar-refractivity contribution in [3.8, 4) is 0 Å². The van der Waals surface area contributed by atoms with Crippen LogP contribution in [0.15, 0.2) is 41.7 Å². The van der Waals surface area contributed by atoms with Crippen LogP contribution in [0.5, 0.6) is 0 Å². The molecular formula is C13H16N4O3S. The van der Waals surface area contributed by atoms with Crippen LogP contribution in [0.2, 0.25) is 0 Å². The zero-order valence-electron chi connectivity index (χ0n) is 11.5. The number of carbonyl (C=O) groups is 1. The van der Waals surface area contributed by atoms with Crippen molar-refractivity contribution in [1.82, 2.24) is 9.55 Å². The first-order valence-corrected chi connectivity index (χ1v) is 8.12. The molecule has 21 heavy (non-hydrogen) atoms. The molecule has 7 nitrogen and oxygen atoms in total. The fourth-order valence-corrected chi connectivity index (χ4v) is 2.36. The van der Waals surface area contributed by atoms with Crippen LogP contribution in [0.3, 0.4) is 0 Å². The maximum absolute atomic E-state index is 12.0. The van der Waals surface area contributed by atoms with Crippen LogP contribution >= 0.6 is 0 Å². The molecule has 0 fully saturated rings. The molecule has 1 amide bonds. The van der Waals surface area contributed by atoms with Crippen molar-refractivity contribution < 1.29 is 13.2 Å². The highest BCUT2D eigenvalue weighted by molar-refractivity contribution is 7.90. The second kappa shape index (κ2) is 6.06. The summed E-state index contributed by atoms with van der Waals surface area (Å²) in [7, 11) is -3.24. The van der Waals surface area contributed by atoms with Gasteiger partial charge in [0.25, 0.3) is 5.91 Å². The van der Waals surface area contributed by atoms with Crippen LogP contribution in [0.25, 0.3) is 0 Å². The molecular weight excluding hydrogens is 292 g/mol. The molecule has 0 saturated carbocycles. The van der Waals surface area contributed by atoms with E-state index < -0.39 is 9.84 Å². The van der Waals surface area contributed by atoms with E-state index in [0.717, 1.165) is 6.26 Å². The van der Waals surface area contributed by atoms with Gasteiger partial charge < -0.3 is 15.6 Å². The van der Waals surface area contributed by atoms with E-state index in [4.69, 9.17) is 5.73 Å². The van der Waals surface area contributed by atoms with Crippen molar-refractivity contribution >= 4 is 21.4 Å². The van der Waals surface area contributed by atoms with E-state index >= 15 is 0 Å². The minimum absolute atomic E-state index is 0.202. The summed E-state index contributed by atoms with van der Waals surface area (Å²) in [5.41, 5.74) is 6.19. The van der Waals surface area contributed by atoms with Crippen molar-refractivity contribution in [2.24, 2.45) is 5.73 Å². The molecule has 0 aliphatic rings. The molecule has 2 aromatic rings. The van der Waals surface area contributed by atoms with Gasteiger partial charge in [-0.2, -0.15) is 0 Å². The Morgan fingerprint density at radius 3 is 2.57 bits per heavy atom. The third-order valence-electron chi connectivity index (χ3n) is 2.79. The Morgan fingerprint density at radius 2 is 2.00 bits per heavy atom. The number of aromatic nitrogens is 2. The van der Waals surface area contributed by atoms with E-state index in [1.807, 2.05) is 0 Å². The molecule has 0 bridgehead atoms. The molecule has 0 aliphatic carbocycles. The van der Waals surface area contributed by atoms with Gasteiger partial charge in [-0.25, -0.2) is 13.4 Å². The van der Waals surface area contributed by atoms with Gasteiger partial charge in [-0.15, -0.1) is 0 Å². The Hall–Kier alpha value is -2.19. The molecule has 0 saturated heterocycles. The number of carbonyl (C=O) groups excluding carboxylic acids is 1. The zero-order valence-corrected chi connectivity index (χ0v) is 12.3. The third-order valence-corrected chi connectivity index (χ3v) is 3.92. The van der Waals surface area contributed by atoms with Crippen LogP contribution in [0.4, 0.5) is 5.69 Å². The van der Waals surface area contributed by atoms with Crippen LogP contribution in [-0.4, -0.2) is 36.7 Å². The molecule has 0 radical (unpaired) electrons. The minimum atomic E-state index is -3.24. The predicted octanol–water partition coefficient (Wildman–Crippen LogP) is 0.498. The first-order valence-electron chi connectivity index (χ1n) is 6.23. The second-order valence-electron chi connectivity index (χ2n) is 4.54. The molecule has 1 aromatic carbocycles. The number of hydrogen-bond acceptors (Lipinski definition) is 5. The summed E-state index contributed by atoms with van der Waals surface area (Å²) in [5.74, 6) is -0.363. The number of anilines is 1. The number of amides is 1. The van der Waals surface area contributed by atoms with E-state index in [-0.39, 0.29) is 16.5 Å². The molecule has 112 valence electrons. The number of benzene rings is 1. The summed E-state index contributed by atoms with van der Waals surface area (Å²) in [4.78, 5) is 16.2. The summed E-state index contributed by atoms with van der Waals surface area (Å²) >= 11 is 0. The Balaban J connectivity index is 2.08. The predicted molar refractivity (Wildman–Crippen MR) is 78.8 cm³/mol. The van der Waals surface area contributed by atoms with Crippen LogP contribution in [0, 0.1) is 0 Å². The molecule has 2 rings (SSSR count). The highest BCUT2D eigenvalue weighted by atomic mass is 32.2. The number of imidazole rings is 1. The number of hydrogen-bond donors (Lipinski definition) is 2. The lowest BCUT2D eigenvalue weighted by molar-refractivity contribution is 0.102. The van der Waals surface area contributed by atoms with Crippen LogP contribution in [0.1, 0.15) is 10.5 Å². The van der Waals surface area contributed by atoms with Gasteiger partial charge in [-0.1, -0.05) is 0 Å². The van der Waals surface area contributed by atoms with E-state index in [1.54, 1.807) is 10.8 Å². The Morgan fingerprint density at radius 1 is 1.33 bits per heavy atom. The van der Waals surface area contributed by atoms with E-state index in [0.29, 0.717) is 18.8 Å². The van der Waals surface area contributed by atoms with Crippen LogP contribution in [-0.2, 0) is 16.4 Å². The summed E-state index contributed by atoms with van der Waals surface area (Å²) < 4.78 is 24.4. The molecule has 0 atom stereocenters. The van der Waals surface area contributed by atoms with Gasteiger partial charge in [-0.05, 0) is 24.3 Å². The van der Waals surface area contributed by atoms with Gasteiger partial charge in [0.15, 0.2) is 9.84 Å². The van der Waals surface area contributed by atoms with Crippen molar-refractivity contribution in [3.05, 3.63) is 42.5 Å². The molecule has 8 heteroatoms. The maximum atomic E-state index is 12.0. The van der Waals surface area contributed by atoms with Crippen molar-refractivity contribution in [3.63, 3.8) is 0 Å². The lowest BCUT2D eigenvalue weighted by atomic mass is 10.3. The Kier molecular flexibility index (Phi) is 4.39. The zero-order chi connectivity index (χ0) is 15.5. The Labute approximate surface area is 122 Å². The lowest BCUT2D eigenvalue weighted by Crippen LogP contribution is -2.13. The van der Waals surface area contributed by atoms with E-state index in [1.165, 1.54) is 30.6 Å². The topological polar surface area (TPSA) is 107 Å². The van der Waals surface area contributed by atoms with E-state index in [2.05, 4.69) is 10.3 Å². The summed E-state index contributed by atoms with van der Waals surface area (Å²) in [6.07, 6.45) is 4.27. The maximum Gasteiger partial charge on any atom is 0.275 e. The minimum Gasteiger partial charge on any atom is -0.335 e. The number of sulfone groups is 1. The highest BCUT2D eigenvalue weighted by Crippen LogP contribution is 2.14. The van der Waals surface area contributed by atoms with Gasteiger partial charge in [0.2, 0.25) is 0 Å². The van der Waals surface area contributed by atoms with E-state index in [9.17, 15) is 13.2 Å². The quantitative estimate of drug-likeness (QED) is 0.836. The molecule has 0 unspecified atom stereocenters. The first-order chi connectivity index (χ1) is 9.90. The standard InChI is InChI=1S/C13H16N4O3S/c1-21(19,20)11-4-2-10(3-5-11)16-13(18)12-8-17(7-6-14)9-15-12/h2-5,8-9H,6-7,14H2,1H3,(H,16,18). The average molecular weight is 308 g/mol. The Bertz CT molecular complexity index is 735. The molecule has 3 N–H and O–H groups in total. The van der Waals surface area contributed by atoms with Crippen LogP contribution < -0.4 is 11.1 Å². The number of nitrogens with zero attached hydrogens (tertiary/aromatic N) is 2. The lowest BCUT2D eigenvalue weighted by Gasteiger charge is -2.04. The summed E-state index contributed by atoms with van der Waals surface area (Å²) in [6, 6.07) is 5.95. The molecule has 1 aromatic heterocycles. The smallest absolute Gasteiger partial charge is 0.275 e. The largest absolute Gasteiger partial charge is 0.335 e. The molecule has 0 spiro atoms. The van der Waals surface area contributed by atoms with Gasteiger partial charge in [0.05, 0.1) is 11.2 Å². The second-order valence-corrected chi connectivity index (χ2v) is 6.55. The summed E-state index contributed by atoms with van der Waals surface area (Å²) in [6.45, 7) is 1.05. The molecule has 0 aliphatic heterocycles. The SMILES string of the molecule is CS(=O)(=O)c1ccc(NC(=O)c2cn(CCN)cn2)cc1. The van der Waals surface area contributed by atoms with Gasteiger partial charge in [0, 0.05) is 31.2 Å².